The number of nitrogens with zero attached hydrogens (tertiary/aromatic N) is 2. The fourth-order valence-corrected chi connectivity index (χ4v) is 2.22. The summed E-state index contributed by atoms with van der Waals surface area (Å²) in [4.78, 5) is 0. The van der Waals surface area contributed by atoms with E-state index in [4.69, 9.17) is 5.73 Å². The van der Waals surface area contributed by atoms with Crippen LogP contribution >= 0.6 is 0 Å². The van der Waals surface area contributed by atoms with Crippen LogP contribution in [-0.4, -0.2) is 9.78 Å². The third-order valence-electron chi connectivity index (χ3n) is 3.58. The van der Waals surface area contributed by atoms with Crippen LogP contribution in [0.15, 0.2) is 24.3 Å². The molecule has 20 heavy (non-hydrogen) atoms. The van der Waals surface area contributed by atoms with Gasteiger partial charge in [-0.2, -0.15) is 5.10 Å². The zero-order valence-corrected chi connectivity index (χ0v) is 12.8. The molecule has 2 aromatic rings. The molecule has 4 heteroatoms. The molecule has 4 nitrogen and oxygen atoms in total. The van der Waals surface area contributed by atoms with Gasteiger partial charge >= 0.3 is 0 Å². The lowest BCUT2D eigenvalue weighted by atomic mass is 10.0. The summed E-state index contributed by atoms with van der Waals surface area (Å²) in [7, 11) is 0. The molecular weight excluding hydrogens is 248 g/mol. The summed E-state index contributed by atoms with van der Waals surface area (Å²) in [6, 6.07) is 8.71. The van der Waals surface area contributed by atoms with Crippen LogP contribution in [0, 0.1) is 6.92 Å². The fourth-order valence-electron chi connectivity index (χ4n) is 2.22. The molecule has 0 atom stereocenters. The lowest BCUT2D eigenvalue weighted by Gasteiger charge is -2.11. The number of nitrogens with two attached hydrogens (primary N) is 1. The van der Waals surface area contributed by atoms with Gasteiger partial charge in [-0.1, -0.05) is 38.1 Å². The molecule has 0 spiro atoms. The molecule has 1 heterocycles. The van der Waals surface area contributed by atoms with Gasteiger partial charge in [0.1, 0.15) is 5.82 Å². The van der Waals surface area contributed by atoms with Gasteiger partial charge in [0.15, 0.2) is 0 Å². The maximum atomic E-state index is 6.06. The number of anilines is 2. The van der Waals surface area contributed by atoms with E-state index in [9.17, 15) is 0 Å². The van der Waals surface area contributed by atoms with Gasteiger partial charge in [0.2, 0.25) is 0 Å². The highest BCUT2D eigenvalue weighted by molar-refractivity contribution is 5.64. The molecule has 0 unspecified atom stereocenters. The Morgan fingerprint density at radius 2 is 1.90 bits per heavy atom. The maximum absolute atomic E-state index is 6.06. The molecule has 0 aliphatic rings. The number of hydrogen-bond donors (Lipinski definition) is 2. The summed E-state index contributed by atoms with van der Waals surface area (Å²) in [5, 5.41) is 7.80. The molecule has 0 fully saturated rings. The van der Waals surface area contributed by atoms with E-state index in [1.54, 1.807) is 0 Å². The zero-order valence-electron chi connectivity index (χ0n) is 12.8. The Morgan fingerprint density at radius 1 is 1.25 bits per heavy atom. The largest absolute Gasteiger partial charge is 0.394 e. The average Bonchev–Trinajstić information content (AvgIpc) is 2.72. The quantitative estimate of drug-likeness (QED) is 0.875. The minimum atomic E-state index is 0.567. The predicted molar refractivity (Wildman–Crippen MR) is 84.9 cm³/mol. The second-order valence-electron chi connectivity index (χ2n) is 5.41. The Balaban J connectivity index is 2.09. The molecule has 1 aromatic carbocycles. The van der Waals surface area contributed by atoms with Gasteiger partial charge in [0.25, 0.3) is 0 Å². The summed E-state index contributed by atoms with van der Waals surface area (Å²) >= 11 is 0. The first kappa shape index (κ1) is 14.4. The van der Waals surface area contributed by atoms with Gasteiger partial charge in [-0.25, -0.2) is 4.68 Å². The predicted octanol–water partition coefficient (Wildman–Crippen LogP) is 3.53. The topological polar surface area (TPSA) is 55.9 Å². The minimum Gasteiger partial charge on any atom is -0.394 e. The Bertz CT molecular complexity index is 567. The number of rotatable bonds is 5. The van der Waals surface area contributed by atoms with Crippen molar-refractivity contribution in [2.75, 3.05) is 11.1 Å². The Kier molecular flexibility index (Phi) is 4.32. The molecular formula is C16H24N4. The monoisotopic (exact) mass is 272 g/mol. The first-order valence-electron chi connectivity index (χ1n) is 7.18. The van der Waals surface area contributed by atoms with Gasteiger partial charge in [0, 0.05) is 13.1 Å². The smallest absolute Gasteiger partial charge is 0.148 e. The molecule has 0 aliphatic carbocycles. The van der Waals surface area contributed by atoms with Crippen molar-refractivity contribution in [3.05, 3.63) is 41.1 Å². The SMILES string of the molecule is CCn1nc(C)c(N)c1NCc1ccc(C(C)C)cc1. The van der Waals surface area contributed by atoms with E-state index < -0.39 is 0 Å². The van der Waals surface area contributed by atoms with Crippen molar-refractivity contribution in [1.82, 2.24) is 9.78 Å². The van der Waals surface area contributed by atoms with Crippen molar-refractivity contribution in [3.63, 3.8) is 0 Å². The zero-order chi connectivity index (χ0) is 14.7. The van der Waals surface area contributed by atoms with Gasteiger partial charge in [-0.05, 0) is 30.9 Å². The van der Waals surface area contributed by atoms with Crippen LogP contribution < -0.4 is 11.1 Å². The third-order valence-corrected chi connectivity index (χ3v) is 3.58. The highest BCUT2D eigenvalue weighted by Gasteiger charge is 2.10. The highest BCUT2D eigenvalue weighted by atomic mass is 15.3. The van der Waals surface area contributed by atoms with Gasteiger partial charge in [-0.15, -0.1) is 0 Å². The van der Waals surface area contributed by atoms with E-state index in [1.807, 2.05) is 11.6 Å². The Labute approximate surface area is 121 Å². The minimum absolute atomic E-state index is 0.567. The molecule has 108 valence electrons. The van der Waals surface area contributed by atoms with Crippen molar-refractivity contribution in [1.29, 1.82) is 0 Å². The number of benzene rings is 1. The summed E-state index contributed by atoms with van der Waals surface area (Å²) in [5.41, 5.74) is 10.3. The number of nitrogen functional groups attached to an aromatic ring is 1. The van der Waals surface area contributed by atoms with Crippen LogP contribution in [0.4, 0.5) is 11.5 Å². The summed E-state index contributed by atoms with van der Waals surface area (Å²) in [6.07, 6.45) is 0. The number of nitrogens with one attached hydrogen (secondary N) is 1. The third kappa shape index (κ3) is 2.95. The van der Waals surface area contributed by atoms with Gasteiger partial charge < -0.3 is 11.1 Å². The van der Waals surface area contributed by atoms with Crippen LogP contribution in [0.2, 0.25) is 0 Å². The van der Waals surface area contributed by atoms with Crippen molar-refractivity contribution in [3.8, 4) is 0 Å². The van der Waals surface area contributed by atoms with Crippen LogP contribution in [0.1, 0.15) is 43.5 Å². The molecule has 0 radical (unpaired) electrons. The van der Waals surface area contributed by atoms with Crippen molar-refractivity contribution in [2.45, 2.75) is 46.7 Å². The molecule has 1 aromatic heterocycles. The maximum Gasteiger partial charge on any atom is 0.148 e. The summed E-state index contributed by atoms with van der Waals surface area (Å²) in [5.74, 6) is 1.48. The fraction of sp³-hybridized carbons (Fsp3) is 0.438. The number of aryl methyl sites for hydroxylation is 2. The van der Waals surface area contributed by atoms with Crippen LogP contribution in [0.5, 0.6) is 0 Å². The van der Waals surface area contributed by atoms with Crippen LogP contribution in [-0.2, 0) is 13.1 Å². The standard InChI is InChI=1S/C16H24N4/c1-5-20-16(15(17)12(4)19-20)18-10-13-6-8-14(9-7-13)11(2)3/h6-9,11,18H,5,10,17H2,1-4H3. The second kappa shape index (κ2) is 5.99. The molecule has 0 aliphatic heterocycles. The van der Waals surface area contributed by atoms with Crippen LogP contribution in [0.25, 0.3) is 0 Å². The van der Waals surface area contributed by atoms with E-state index in [0.29, 0.717) is 5.92 Å². The lowest BCUT2D eigenvalue weighted by Crippen LogP contribution is -2.08. The van der Waals surface area contributed by atoms with Crippen molar-refractivity contribution >= 4 is 11.5 Å². The van der Waals surface area contributed by atoms with Crippen molar-refractivity contribution in [2.24, 2.45) is 0 Å². The lowest BCUT2D eigenvalue weighted by molar-refractivity contribution is 0.657. The first-order valence-corrected chi connectivity index (χ1v) is 7.18. The van der Waals surface area contributed by atoms with E-state index in [1.165, 1.54) is 11.1 Å². The number of hydrogen-bond acceptors (Lipinski definition) is 3. The number of aromatic nitrogens is 2. The Morgan fingerprint density at radius 3 is 2.45 bits per heavy atom. The van der Waals surface area contributed by atoms with Crippen LogP contribution in [0.3, 0.4) is 0 Å². The molecule has 0 saturated heterocycles. The van der Waals surface area contributed by atoms with E-state index in [0.717, 1.165) is 30.3 Å². The highest BCUT2D eigenvalue weighted by Crippen LogP contribution is 2.23. The molecule has 0 saturated carbocycles. The summed E-state index contributed by atoms with van der Waals surface area (Å²) < 4.78 is 1.91. The molecule has 3 N–H and O–H groups in total. The Hall–Kier alpha value is -1.97. The molecule has 2 rings (SSSR count). The van der Waals surface area contributed by atoms with E-state index >= 15 is 0 Å². The van der Waals surface area contributed by atoms with Crippen molar-refractivity contribution < 1.29 is 0 Å². The summed E-state index contributed by atoms with van der Waals surface area (Å²) in [6.45, 7) is 9.98. The van der Waals surface area contributed by atoms with E-state index in [2.05, 4.69) is 55.5 Å². The molecule has 0 bridgehead atoms. The second-order valence-corrected chi connectivity index (χ2v) is 5.41. The molecule has 0 amide bonds. The normalized spacial score (nSPS) is 11.1. The first-order chi connectivity index (χ1) is 9.52. The van der Waals surface area contributed by atoms with Gasteiger partial charge in [0.05, 0.1) is 11.4 Å². The van der Waals surface area contributed by atoms with Gasteiger partial charge in [-0.3, -0.25) is 0 Å². The average molecular weight is 272 g/mol. The van der Waals surface area contributed by atoms with E-state index in [-0.39, 0.29) is 0 Å².